The zero-order valence-corrected chi connectivity index (χ0v) is 22.5. The minimum atomic E-state index is -0.302. The maximum atomic E-state index is 11.9. The van der Waals surface area contributed by atoms with E-state index in [1.165, 1.54) is 23.7 Å². The number of thioether (sulfide) groups is 1. The maximum Gasteiger partial charge on any atom is 0.316 e. The Hall–Kier alpha value is -3.43. The fraction of sp³-hybridized carbons (Fsp3) is 0.357. The van der Waals surface area contributed by atoms with Gasteiger partial charge in [-0.15, -0.1) is 0 Å². The summed E-state index contributed by atoms with van der Waals surface area (Å²) in [4.78, 5) is 20.6. The summed E-state index contributed by atoms with van der Waals surface area (Å²) in [5, 5.41) is 5.32. The number of hydrogen-bond acceptors (Lipinski definition) is 8. The van der Waals surface area contributed by atoms with Crippen LogP contribution in [0.5, 0.6) is 5.88 Å². The van der Waals surface area contributed by atoms with Crippen molar-refractivity contribution in [1.82, 2.24) is 19.7 Å². The minimum Gasteiger partial charge on any atom is -0.474 e. The summed E-state index contributed by atoms with van der Waals surface area (Å²) in [5.74, 6) is 0.335. The van der Waals surface area contributed by atoms with E-state index in [4.69, 9.17) is 19.3 Å². The molecule has 0 atom stereocenters. The molecule has 0 N–H and O–H groups in total. The van der Waals surface area contributed by atoms with Crippen LogP contribution in [0.3, 0.4) is 0 Å². The van der Waals surface area contributed by atoms with E-state index in [2.05, 4.69) is 55.0 Å². The first kappa shape index (κ1) is 26.6. The van der Waals surface area contributed by atoms with E-state index in [1.807, 2.05) is 30.3 Å². The SMILES string of the molecule is CCOC(=O)CSc1ncnc2c(OCCOCc3ccc(C(C)(C)C)cc3)n(-c3ccccc3)nc12. The van der Waals surface area contributed by atoms with Crippen molar-refractivity contribution in [3.8, 4) is 11.6 Å². The Morgan fingerprint density at radius 1 is 0.973 bits per heavy atom. The molecule has 0 fully saturated rings. The fourth-order valence-corrected chi connectivity index (χ4v) is 4.39. The number of hydrogen-bond donors (Lipinski definition) is 0. The molecule has 2 heterocycles. The summed E-state index contributed by atoms with van der Waals surface area (Å²) < 4.78 is 18.8. The van der Waals surface area contributed by atoms with Gasteiger partial charge in [0.1, 0.15) is 23.5 Å². The van der Waals surface area contributed by atoms with E-state index in [0.717, 1.165) is 11.3 Å². The minimum absolute atomic E-state index is 0.123. The molecule has 4 aromatic rings. The predicted octanol–water partition coefficient (Wildman–Crippen LogP) is 5.36. The lowest BCUT2D eigenvalue weighted by Crippen LogP contribution is -2.11. The van der Waals surface area contributed by atoms with Gasteiger partial charge >= 0.3 is 5.97 Å². The molecule has 2 aromatic carbocycles. The van der Waals surface area contributed by atoms with Gasteiger partial charge in [0.15, 0.2) is 5.52 Å². The highest BCUT2D eigenvalue weighted by Gasteiger charge is 2.20. The second-order valence-electron chi connectivity index (χ2n) is 9.37. The Labute approximate surface area is 221 Å². The van der Waals surface area contributed by atoms with Crippen LogP contribution in [-0.4, -0.2) is 51.3 Å². The van der Waals surface area contributed by atoms with E-state index >= 15 is 0 Å². The number of benzene rings is 2. The van der Waals surface area contributed by atoms with Gasteiger partial charge in [0.2, 0.25) is 5.88 Å². The number of carbonyl (C=O) groups is 1. The van der Waals surface area contributed by atoms with E-state index in [1.54, 1.807) is 11.6 Å². The zero-order valence-electron chi connectivity index (χ0n) is 21.6. The fourth-order valence-electron chi connectivity index (χ4n) is 3.65. The Balaban J connectivity index is 1.46. The standard InChI is InChI=1S/C28H32N4O4S/c1-5-35-23(33)18-37-26-24-25(29-19-30-26)27(32(31-24)22-9-7-6-8-10-22)36-16-15-34-17-20-11-13-21(14-12-20)28(2,3)4/h6-14,19H,5,15-18H2,1-4H3. The average Bonchev–Trinajstić information content (AvgIpc) is 3.27. The van der Waals surface area contributed by atoms with Crippen LogP contribution in [0.25, 0.3) is 16.7 Å². The van der Waals surface area contributed by atoms with Crippen LogP contribution in [0.15, 0.2) is 66.0 Å². The van der Waals surface area contributed by atoms with Crippen molar-refractivity contribution in [3.05, 3.63) is 72.1 Å². The Bertz CT molecular complexity index is 1320. The van der Waals surface area contributed by atoms with Gasteiger partial charge in [-0.2, -0.15) is 9.78 Å². The van der Waals surface area contributed by atoms with Crippen LogP contribution in [0.4, 0.5) is 0 Å². The van der Waals surface area contributed by atoms with Gasteiger partial charge in [-0.3, -0.25) is 4.79 Å². The van der Waals surface area contributed by atoms with E-state index in [9.17, 15) is 4.79 Å². The van der Waals surface area contributed by atoms with E-state index in [0.29, 0.717) is 48.4 Å². The van der Waals surface area contributed by atoms with Crippen molar-refractivity contribution in [2.75, 3.05) is 25.6 Å². The normalized spacial score (nSPS) is 11.6. The molecule has 9 heteroatoms. The number of carbonyl (C=O) groups excluding carboxylic acids is 1. The third-order valence-corrected chi connectivity index (χ3v) is 6.52. The second kappa shape index (κ2) is 12.2. The van der Waals surface area contributed by atoms with Gasteiger partial charge in [0, 0.05) is 0 Å². The van der Waals surface area contributed by atoms with Crippen LogP contribution in [0.2, 0.25) is 0 Å². The quantitative estimate of drug-likeness (QED) is 0.113. The topological polar surface area (TPSA) is 88.4 Å². The molecule has 37 heavy (non-hydrogen) atoms. The molecule has 194 valence electrons. The number of aromatic nitrogens is 4. The van der Waals surface area contributed by atoms with Crippen LogP contribution >= 0.6 is 11.8 Å². The van der Waals surface area contributed by atoms with Crippen molar-refractivity contribution in [2.24, 2.45) is 0 Å². The van der Waals surface area contributed by atoms with Crippen LogP contribution < -0.4 is 4.74 Å². The molecular formula is C28H32N4O4S. The number of para-hydroxylation sites is 1. The summed E-state index contributed by atoms with van der Waals surface area (Å²) in [6.07, 6.45) is 1.46. The molecule has 0 aliphatic carbocycles. The lowest BCUT2D eigenvalue weighted by molar-refractivity contribution is -0.139. The molecule has 0 unspecified atom stereocenters. The molecule has 4 rings (SSSR count). The molecule has 8 nitrogen and oxygen atoms in total. The molecule has 0 aliphatic rings. The second-order valence-corrected chi connectivity index (χ2v) is 10.3. The number of esters is 1. The third kappa shape index (κ3) is 6.87. The molecule has 0 bridgehead atoms. The molecule has 0 aliphatic heterocycles. The van der Waals surface area contributed by atoms with Gasteiger partial charge in [-0.1, -0.05) is 75.0 Å². The molecule has 2 aromatic heterocycles. The number of nitrogens with zero attached hydrogens (tertiary/aromatic N) is 4. The first-order valence-electron chi connectivity index (χ1n) is 12.2. The zero-order chi connectivity index (χ0) is 26.3. The number of ether oxygens (including phenoxy) is 3. The summed E-state index contributed by atoms with van der Waals surface area (Å²) in [7, 11) is 0. The molecule has 0 spiro atoms. The summed E-state index contributed by atoms with van der Waals surface area (Å²) in [6.45, 7) is 9.95. The van der Waals surface area contributed by atoms with Crippen LogP contribution in [0, 0.1) is 0 Å². The third-order valence-electron chi connectivity index (χ3n) is 5.57. The maximum absolute atomic E-state index is 11.9. The lowest BCUT2D eigenvalue weighted by Gasteiger charge is -2.19. The van der Waals surface area contributed by atoms with Gasteiger partial charge in [0.25, 0.3) is 0 Å². The highest BCUT2D eigenvalue weighted by atomic mass is 32.2. The van der Waals surface area contributed by atoms with Gasteiger partial charge in [-0.25, -0.2) is 9.97 Å². The average molecular weight is 521 g/mol. The highest BCUT2D eigenvalue weighted by Crippen LogP contribution is 2.32. The largest absolute Gasteiger partial charge is 0.474 e. The van der Waals surface area contributed by atoms with Gasteiger partial charge in [0.05, 0.1) is 31.3 Å². The van der Waals surface area contributed by atoms with Crippen molar-refractivity contribution in [2.45, 2.75) is 44.7 Å². The van der Waals surface area contributed by atoms with Crippen LogP contribution in [0.1, 0.15) is 38.8 Å². The van der Waals surface area contributed by atoms with Gasteiger partial charge in [-0.05, 0) is 35.6 Å². The molecular weight excluding hydrogens is 488 g/mol. The first-order chi connectivity index (χ1) is 17.9. The van der Waals surface area contributed by atoms with Crippen molar-refractivity contribution in [1.29, 1.82) is 0 Å². The van der Waals surface area contributed by atoms with E-state index in [-0.39, 0.29) is 17.1 Å². The summed E-state index contributed by atoms with van der Waals surface area (Å²) >= 11 is 1.27. The Morgan fingerprint density at radius 2 is 1.73 bits per heavy atom. The first-order valence-corrected chi connectivity index (χ1v) is 13.2. The molecule has 0 radical (unpaired) electrons. The number of rotatable bonds is 11. The lowest BCUT2D eigenvalue weighted by atomic mass is 9.87. The van der Waals surface area contributed by atoms with Crippen molar-refractivity contribution >= 4 is 28.8 Å². The molecule has 0 saturated heterocycles. The highest BCUT2D eigenvalue weighted by molar-refractivity contribution is 8.00. The van der Waals surface area contributed by atoms with Gasteiger partial charge < -0.3 is 14.2 Å². The van der Waals surface area contributed by atoms with Crippen molar-refractivity contribution < 1.29 is 19.0 Å². The Morgan fingerprint density at radius 3 is 2.43 bits per heavy atom. The monoisotopic (exact) mass is 520 g/mol. The van der Waals surface area contributed by atoms with Crippen molar-refractivity contribution in [3.63, 3.8) is 0 Å². The van der Waals surface area contributed by atoms with Crippen LogP contribution in [-0.2, 0) is 26.3 Å². The number of fused-ring (bicyclic) bond motifs is 1. The molecule has 0 saturated carbocycles. The summed E-state index contributed by atoms with van der Waals surface area (Å²) in [5.41, 5.74) is 4.50. The Kier molecular flexibility index (Phi) is 8.78. The predicted molar refractivity (Wildman–Crippen MR) is 144 cm³/mol. The summed E-state index contributed by atoms with van der Waals surface area (Å²) in [6, 6.07) is 18.2. The van der Waals surface area contributed by atoms with E-state index < -0.39 is 0 Å². The smallest absolute Gasteiger partial charge is 0.316 e. The molecule has 0 amide bonds.